The topological polar surface area (TPSA) is 73.9 Å². The van der Waals surface area contributed by atoms with Gasteiger partial charge < -0.3 is 9.26 Å². The van der Waals surface area contributed by atoms with Crippen LogP contribution in [0, 0.1) is 0 Å². The molecule has 0 bridgehead atoms. The first-order valence-electron chi connectivity index (χ1n) is 9.21. The van der Waals surface area contributed by atoms with Gasteiger partial charge in [-0.25, -0.2) is 9.97 Å². The Morgan fingerprint density at radius 2 is 1.80 bits per heavy atom. The van der Waals surface area contributed by atoms with Crippen LogP contribution in [0.5, 0.6) is 5.75 Å². The van der Waals surface area contributed by atoms with E-state index in [1.165, 1.54) is 0 Å². The number of hydrogen-bond donors (Lipinski definition) is 0. The van der Waals surface area contributed by atoms with Crippen LogP contribution in [0.3, 0.4) is 0 Å². The summed E-state index contributed by atoms with van der Waals surface area (Å²) in [4.78, 5) is 15.1. The molecule has 5 rings (SSSR count). The molecule has 5 aromatic rings. The highest BCUT2D eigenvalue weighted by atomic mass is 32.2. The van der Waals surface area contributed by atoms with E-state index in [0.29, 0.717) is 23.2 Å². The maximum Gasteiger partial charge on any atom is 0.237 e. The first-order valence-corrected chi connectivity index (χ1v) is 11.1. The minimum absolute atomic E-state index is 0.507. The fourth-order valence-corrected chi connectivity index (χ4v) is 4.57. The Morgan fingerprint density at radius 3 is 2.67 bits per heavy atom. The molecule has 8 heteroatoms. The molecule has 0 saturated heterocycles. The lowest BCUT2D eigenvalue weighted by Gasteiger charge is -2.06. The zero-order valence-electron chi connectivity index (χ0n) is 16.0. The van der Waals surface area contributed by atoms with E-state index in [9.17, 15) is 0 Å². The van der Waals surface area contributed by atoms with E-state index in [0.717, 1.165) is 32.2 Å². The number of fused-ring (bicyclic) bond motifs is 1. The molecule has 0 amide bonds. The molecule has 30 heavy (non-hydrogen) atoms. The number of hydrogen-bond acceptors (Lipinski definition) is 8. The number of para-hydroxylation sites is 2. The first-order chi connectivity index (χ1) is 14.8. The summed E-state index contributed by atoms with van der Waals surface area (Å²) in [6.45, 7) is 0. The molecule has 0 aliphatic heterocycles. The van der Waals surface area contributed by atoms with Crippen LogP contribution >= 0.6 is 23.1 Å². The number of thiophene rings is 1. The van der Waals surface area contributed by atoms with E-state index in [1.54, 1.807) is 30.2 Å². The third-order valence-corrected chi connectivity index (χ3v) is 6.30. The van der Waals surface area contributed by atoms with Gasteiger partial charge in [0.05, 0.1) is 28.8 Å². The first kappa shape index (κ1) is 18.8. The number of thioether (sulfide) groups is 1. The van der Waals surface area contributed by atoms with Gasteiger partial charge in [0.1, 0.15) is 10.8 Å². The third-order valence-electron chi connectivity index (χ3n) is 4.46. The Kier molecular flexibility index (Phi) is 5.17. The van der Waals surface area contributed by atoms with Crippen molar-refractivity contribution >= 4 is 34.0 Å². The van der Waals surface area contributed by atoms with E-state index in [4.69, 9.17) is 19.2 Å². The highest BCUT2D eigenvalue weighted by molar-refractivity contribution is 7.98. The molecule has 0 aliphatic rings. The van der Waals surface area contributed by atoms with Crippen LogP contribution in [0.15, 0.2) is 75.6 Å². The van der Waals surface area contributed by atoms with E-state index in [2.05, 4.69) is 10.1 Å². The number of benzene rings is 2. The summed E-state index contributed by atoms with van der Waals surface area (Å²) in [5.41, 5.74) is 1.71. The van der Waals surface area contributed by atoms with Gasteiger partial charge in [0.2, 0.25) is 11.7 Å². The zero-order valence-corrected chi connectivity index (χ0v) is 17.6. The number of ether oxygens (including phenoxy) is 1. The summed E-state index contributed by atoms with van der Waals surface area (Å²) in [5, 5.41) is 8.04. The summed E-state index contributed by atoms with van der Waals surface area (Å²) in [6, 6.07) is 19.7. The van der Waals surface area contributed by atoms with Crippen molar-refractivity contribution < 1.29 is 9.26 Å². The summed E-state index contributed by atoms with van der Waals surface area (Å²) in [7, 11) is 1.63. The fourth-order valence-electron chi connectivity index (χ4n) is 3.06. The van der Waals surface area contributed by atoms with Crippen molar-refractivity contribution in [2.45, 2.75) is 10.8 Å². The average Bonchev–Trinajstić information content (AvgIpc) is 3.50. The van der Waals surface area contributed by atoms with E-state index >= 15 is 0 Å². The molecule has 3 heterocycles. The smallest absolute Gasteiger partial charge is 0.237 e. The Hall–Kier alpha value is -3.23. The Balaban J connectivity index is 1.44. The van der Waals surface area contributed by atoms with Gasteiger partial charge >= 0.3 is 0 Å². The van der Waals surface area contributed by atoms with Crippen LogP contribution in [0.25, 0.3) is 33.0 Å². The summed E-state index contributed by atoms with van der Waals surface area (Å²) in [6.07, 6.45) is 0. The number of nitrogens with zero attached hydrogens (tertiary/aromatic N) is 4. The standard InChI is InChI=1S/C22H16N4O2S2/c1-27-17-10-5-3-8-15(17)20-24-19(28-26-20)13-30-22-14-7-2-4-9-16(14)23-21(25-22)18-11-6-12-29-18/h2-12H,13H2,1H3. The molecule has 6 nitrogen and oxygen atoms in total. The SMILES string of the molecule is COc1ccccc1-c1noc(CSc2nc(-c3cccs3)nc3ccccc23)n1. The summed E-state index contributed by atoms with van der Waals surface area (Å²) < 4.78 is 10.9. The normalized spacial score (nSPS) is 11.1. The fraction of sp³-hybridized carbons (Fsp3) is 0.0909. The van der Waals surface area contributed by atoms with Gasteiger partial charge in [-0.3, -0.25) is 0 Å². The summed E-state index contributed by atoms with van der Waals surface area (Å²) >= 11 is 3.18. The van der Waals surface area contributed by atoms with Crippen LogP contribution in [-0.2, 0) is 5.75 Å². The number of aromatic nitrogens is 4. The predicted octanol–water partition coefficient (Wildman–Crippen LogP) is 5.71. The monoisotopic (exact) mass is 432 g/mol. The molecule has 0 spiro atoms. The molecule has 0 saturated carbocycles. The van der Waals surface area contributed by atoms with Gasteiger partial charge in [-0.15, -0.1) is 11.3 Å². The second-order valence-corrected chi connectivity index (χ2v) is 8.26. The van der Waals surface area contributed by atoms with Gasteiger partial charge in [0.25, 0.3) is 0 Å². The molecule has 0 atom stereocenters. The van der Waals surface area contributed by atoms with Gasteiger partial charge in [-0.1, -0.05) is 53.3 Å². The average molecular weight is 433 g/mol. The molecule has 3 aromatic heterocycles. The number of rotatable bonds is 6. The van der Waals surface area contributed by atoms with Crippen LogP contribution in [0.1, 0.15) is 5.89 Å². The largest absolute Gasteiger partial charge is 0.496 e. The van der Waals surface area contributed by atoms with Crippen LogP contribution in [0.2, 0.25) is 0 Å². The van der Waals surface area contributed by atoms with Crippen molar-refractivity contribution in [3.8, 4) is 27.8 Å². The van der Waals surface area contributed by atoms with E-state index in [1.807, 2.05) is 66.0 Å². The maximum absolute atomic E-state index is 5.48. The maximum atomic E-state index is 5.48. The van der Waals surface area contributed by atoms with Crippen LogP contribution < -0.4 is 4.74 Å². The van der Waals surface area contributed by atoms with E-state index < -0.39 is 0 Å². The number of methoxy groups -OCH3 is 1. The van der Waals surface area contributed by atoms with Crippen LogP contribution in [-0.4, -0.2) is 27.2 Å². The molecule has 0 unspecified atom stereocenters. The summed E-state index contributed by atoms with van der Waals surface area (Å²) in [5.74, 6) is 2.98. The van der Waals surface area contributed by atoms with Crippen molar-refractivity contribution in [2.24, 2.45) is 0 Å². The highest BCUT2D eigenvalue weighted by Gasteiger charge is 2.15. The Bertz CT molecular complexity index is 1300. The third kappa shape index (κ3) is 3.67. The van der Waals surface area contributed by atoms with Gasteiger partial charge in [-0.2, -0.15) is 4.98 Å². The van der Waals surface area contributed by atoms with Gasteiger partial charge in [0.15, 0.2) is 5.82 Å². The molecular weight excluding hydrogens is 416 g/mol. The Morgan fingerprint density at radius 1 is 0.933 bits per heavy atom. The van der Waals surface area contributed by atoms with E-state index in [-0.39, 0.29) is 0 Å². The molecule has 0 N–H and O–H groups in total. The Labute approximate surface area is 181 Å². The predicted molar refractivity (Wildman–Crippen MR) is 119 cm³/mol. The van der Waals surface area contributed by atoms with Crippen molar-refractivity contribution in [3.63, 3.8) is 0 Å². The van der Waals surface area contributed by atoms with Crippen molar-refractivity contribution in [1.82, 2.24) is 20.1 Å². The lowest BCUT2D eigenvalue weighted by atomic mass is 10.2. The van der Waals surface area contributed by atoms with Crippen molar-refractivity contribution in [2.75, 3.05) is 7.11 Å². The van der Waals surface area contributed by atoms with Gasteiger partial charge in [0, 0.05) is 5.39 Å². The molecule has 2 aromatic carbocycles. The second-order valence-electron chi connectivity index (χ2n) is 6.35. The molecule has 148 valence electrons. The molecule has 0 radical (unpaired) electrons. The minimum atomic E-state index is 0.507. The van der Waals surface area contributed by atoms with Crippen molar-refractivity contribution in [1.29, 1.82) is 0 Å². The van der Waals surface area contributed by atoms with Crippen LogP contribution in [0.4, 0.5) is 0 Å². The second kappa shape index (κ2) is 8.25. The lowest BCUT2D eigenvalue weighted by Crippen LogP contribution is -1.93. The quantitative estimate of drug-likeness (QED) is 0.251. The molecular formula is C22H16N4O2S2. The van der Waals surface area contributed by atoms with Gasteiger partial charge in [-0.05, 0) is 29.6 Å². The highest BCUT2D eigenvalue weighted by Crippen LogP contribution is 2.32. The molecule has 0 aliphatic carbocycles. The molecule has 0 fully saturated rings. The lowest BCUT2D eigenvalue weighted by molar-refractivity contribution is 0.390. The zero-order chi connectivity index (χ0) is 20.3. The van der Waals surface area contributed by atoms with Crippen molar-refractivity contribution in [3.05, 3.63) is 71.9 Å². The minimum Gasteiger partial charge on any atom is -0.496 e.